The molecule has 1 saturated carbocycles. The van der Waals surface area contributed by atoms with E-state index in [1.54, 1.807) is 0 Å². The molecule has 0 radical (unpaired) electrons. The van der Waals surface area contributed by atoms with Crippen LogP contribution in [0.2, 0.25) is 0 Å². The summed E-state index contributed by atoms with van der Waals surface area (Å²) >= 11 is 0. The molecule has 0 heterocycles. The van der Waals surface area contributed by atoms with E-state index in [4.69, 9.17) is 5.73 Å². The Morgan fingerprint density at radius 3 is 2.47 bits per heavy atom. The summed E-state index contributed by atoms with van der Waals surface area (Å²) in [4.78, 5) is 12.2. The van der Waals surface area contributed by atoms with Crippen LogP contribution in [0.5, 0.6) is 0 Å². The summed E-state index contributed by atoms with van der Waals surface area (Å²) in [6.07, 6.45) is 6.07. The van der Waals surface area contributed by atoms with Gasteiger partial charge in [-0.3, -0.25) is 4.79 Å². The van der Waals surface area contributed by atoms with Crippen LogP contribution in [0.4, 0.5) is 0 Å². The quantitative estimate of drug-likeness (QED) is 0.760. The van der Waals surface area contributed by atoms with E-state index >= 15 is 0 Å². The van der Waals surface area contributed by atoms with Crippen LogP contribution < -0.4 is 5.73 Å². The number of carbonyl (C=O) groups is 1. The van der Waals surface area contributed by atoms with Crippen LogP contribution in [0.25, 0.3) is 0 Å². The van der Waals surface area contributed by atoms with Gasteiger partial charge in [0.1, 0.15) is 5.78 Å². The summed E-state index contributed by atoms with van der Waals surface area (Å²) < 4.78 is 0. The second-order valence-corrected chi connectivity index (χ2v) is 5.23. The number of ketones is 1. The molecular formula is C13H25NO. The van der Waals surface area contributed by atoms with Gasteiger partial charge < -0.3 is 5.73 Å². The van der Waals surface area contributed by atoms with Gasteiger partial charge in [-0.05, 0) is 18.8 Å². The molecule has 0 saturated heterocycles. The molecule has 88 valence electrons. The van der Waals surface area contributed by atoms with Gasteiger partial charge in [-0.15, -0.1) is 0 Å². The molecule has 0 aromatic rings. The Kier molecular flexibility index (Phi) is 4.32. The minimum atomic E-state index is -0.220. The van der Waals surface area contributed by atoms with Crippen molar-refractivity contribution >= 4 is 5.78 Å². The third-order valence-electron chi connectivity index (χ3n) is 4.30. The fraction of sp³-hybridized carbons (Fsp3) is 0.923. The molecule has 2 atom stereocenters. The lowest BCUT2D eigenvalue weighted by molar-refractivity contribution is -0.129. The lowest BCUT2D eigenvalue weighted by Gasteiger charge is -2.29. The molecule has 0 aliphatic heterocycles. The lowest BCUT2D eigenvalue weighted by Crippen LogP contribution is -2.41. The Balaban J connectivity index is 2.59. The van der Waals surface area contributed by atoms with E-state index in [1.165, 1.54) is 0 Å². The molecule has 0 aromatic carbocycles. The summed E-state index contributed by atoms with van der Waals surface area (Å²) in [7, 11) is 0. The normalized spacial score (nSPS) is 31.1. The van der Waals surface area contributed by atoms with Crippen LogP contribution in [0.1, 0.15) is 59.3 Å². The Hall–Kier alpha value is -0.370. The van der Waals surface area contributed by atoms with Crippen LogP contribution in [-0.2, 0) is 4.79 Å². The van der Waals surface area contributed by atoms with Gasteiger partial charge in [0.15, 0.2) is 0 Å². The number of nitrogens with two attached hydrogens (primary N) is 1. The second-order valence-electron chi connectivity index (χ2n) is 5.23. The Bertz CT molecular complexity index is 223. The standard InChI is InChI=1S/C13H25NO/c1-4-10(5-2)9-12(15)13(3)8-6-7-11(13)14/h10-11H,4-9,14H2,1-3H3. The predicted octanol–water partition coefficient (Wildman–Crippen LogP) is 2.90. The number of rotatable bonds is 5. The van der Waals surface area contributed by atoms with Crippen LogP contribution in [0.3, 0.4) is 0 Å². The Morgan fingerprint density at radius 2 is 2.07 bits per heavy atom. The van der Waals surface area contributed by atoms with Crippen molar-refractivity contribution in [3.63, 3.8) is 0 Å². The predicted molar refractivity (Wildman–Crippen MR) is 63.6 cm³/mol. The van der Waals surface area contributed by atoms with Gasteiger partial charge in [-0.1, -0.05) is 40.0 Å². The molecule has 0 spiro atoms. The van der Waals surface area contributed by atoms with E-state index in [0.29, 0.717) is 11.7 Å². The van der Waals surface area contributed by atoms with E-state index in [-0.39, 0.29) is 11.5 Å². The van der Waals surface area contributed by atoms with E-state index in [2.05, 4.69) is 20.8 Å². The van der Waals surface area contributed by atoms with Crippen molar-refractivity contribution in [1.82, 2.24) is 0 Å². The molecule has 0 aromatic heterocycles. The smallest absolute Gasteiger partial charge is 0.140 e. The fourth-order valence-corrected chi connectivity index (χ4v) is 2.61. The Morgan fingerprint density at radius 1 is 1.47 bits per heavy atom. The average Bonchev–Trinajstić information content (AvgIpc) is 2.57. The van der Waals surface area contributed by atoms with Crippen LogP contribution in [-0.4, -0.2) is 11.8 Å². The summed E-state index contributed by atoms with van der Waals surface area (Å²) in [5, 5.41) is 0. The third-order valence-corrected chi connectivity index (χ3v) is 4.30. The highest BCUT2D eigenvalue weighted by Gasteiger charge is 2.42. The van der Waals surface area contributed by atoms with Crippen molar-refractivity contribution in [2.24, 2.45) is 17.1 Å². The number of hydrogen-bond acceptors (Lipinski definition) is 2. The van der Waals surface area contributed by atoms with Gasteiger partial charge >= 0.3 is 0 Å². The maximum Gasteiger partial charge on any atom is 0.140 e. The first kappa shape index (κ1) is 12.7. The highest BCUT2D eigenvalue weighted by atomic mass is 16.1. The summed E-state index contributed by atoms with van der Waals surface area (Å²) in [5.74, 6) is 0.961. The molecule has 0 bridgehead atoms. The van der Waals surface area contributed by atoms with Crippen LogP contribution in [0, 0.1) is 11.3 Å². The van der Waals surface area contributed by atoms with E-state index in [0.717, 1.165) is 38.5 Å². The monoisotopic (exact) mass is 211 g/mol. The summed E-state index contributed by atoms with van der Waals surface area (Å²) in [6.45, 7) is 6.39. The molecule has 2 unspecified atom stereocenters. The van der Waals surface area contributed by atoms with Gasteiger partial charge in [-0.2, -0.15) is 0 Å². The molecule has 1 fully saturated rings. The first-order valence-corrected chi connectivity index (χ1v) is 6.33. The van der Waals surface area contributed by atoms with E-state index in [1.807, 2.05) is 0 Å². The number of Topliss-reactive ketones (excluding diaryl/α,β-unsaturated/α-hetero) is 1. The number of carbonyl (C=O) groups excluding carboxylic acids is 1. The molecule has 1 aliphatic rings. The van der Waals surface area contributed by atoms with Gasteiger partial charge in [0.25, 0.3) is 0 Å². The zero-order valence-corrected chi connectivity index (χ0v) is 10.4. The molecule has 1 rings (SSSR count). The maximum atomic E-state index is 12.2. The van der Waals surface area contributed by atoms with Crippen molar-refractivity contribution in [1.29, 1.82) is 0 Å². The van der Waals surface area contributed by atoms with E-state index < -0.39 is 0 Å². The topological polar surface area (TPSA) is 43.1 Å². The van der Waals surface area contributed by atoms with Crippen molar-refractivity contribution in [3.8, 4) is 0 Å². The first-order valence-electron chi connectivity index (χ1n) is 6.33. The van der Waals surface area contributed by atoms with Gasteiger partial charge in [0, 0.05) is 17.9 Å². The van der Waals surface area contributed by atoms with Crippen molar-refractivity contribution in [2.45, 2.75) is 65.3 Å². The molecule has 0 amide bonds. The maximum absolute atomic E-state index is 12.2. The van der Waals surface area contributed by atoms with Crippen molar-refractivity contribution in [3.05, 3.63) is 0 Å². The largest absolute Gasteiger partial charge is 0.327 e. The van der Waals surface area contributed by atoms with Gasteiger partial charge in [0.05, 0.1) is 0 Å². The zero-order chi connectivity index (χ0) is 11.5. The van der Waals surface area contributed by atoms with Crippen LogP contribution >= 0.6 is 0 Å². The van der Waals surface area contributed by atoms with Crippen LogP contribution in [0.15, 0.2) is 0 Å². The molecule has 2 heteroatoms. The average molecular weight is 211 g/mol. The lowest BCUT2D eigenvalue weighted by atomic mass is 9.77. The summed E-state index contributed by atoms with van der Waals surface area (Å²) in [6, 6.07) is 0.0966. The van der Waals surface area contributed by atoms with Crippen molar-refractivity contribution < 1.29 is 4.79 Å². The highest BCUT2D eigenvalue weighted by Crippen LogP contribution is 2.39. The second kappa shape index (κ2) is 5.11. The van der Waals surface area contributed by atoms with Gasteiger partial charge in [-0.25, -0.2) is 0 Å². The summed E-state index contributed by atoms with van der Waals surface area (Å²) in [5.41, 5.74) is 5.83. The van der Waals surface area contributed by atoms with Gasteiger partial charge in [0.2, 0.25) is 0 Å². The molecule has 15 heavy (non-hydrogen) atoms. The Labute approximate surface area is 93.6 Å². The minimum absolute atomic E-state index is 0.0966. The molecule has 2 nitrogen and oxygen atoms in total. The first-order chi connectivity index (χ1) is 7.04. The highest BCUT2D eigenvalue weighted by molar-refractivity contribution is 5.85. The minimum Gasteiger partial charge on any atom is -0.327 e. The fourth-order valence-electron chi connectivity index (χ4n) is 2.61. The zero-order valence-electron chi connectivity index (χ0n) is 10.4. The molecular weight excluding hydrogens is 186 g/mol. The SMILES string of the molecule is CCC(CC)CC(=O)C1(C)CCCC1N. The number of hydrogen-bond donors (Lipinski definition) is 1. The third kappa shape index (κ3) is 2.60. The molecule has 1 aliphatic carbocycles. The van der Waals surface area contributed by atoms with E-state index in [9.17, 15) is 4.79 Å². The molecule has 2 N–H and O–H groups in total. The van der Waals surface area contributed by atoms with Crippen molar-refractivity contribution in [2.75, 3.05) is 0 Å².